The summed E-state index contributed by atoms with van der Waals surface area (Å²) in [5, 5.41) is 26.4. The second kappa shape index (κ2) is 5.44. The third-order valence-electron chi connectivity index (χ3n) is 3.87. The van der Waals surface area contributed by atoms with Crippen LogP contribution in [0, 0.1) is 10.1 Å². The number of aromatic hydroxyl groups is 1. The molecule has 1 aliphatic rings. The molecular weight excluding hydrogens is 268 g/mol. The molecule has 0 aromatic heterocycles. The van der Waals surface area contributed by atoms with Crippen LogP contribution < -0.4 is 5.32 Å². The van der Waals surface area contributed by atoms with Gasteiger partial charge in [-0.1, -0.05) is 30.3 Å². The number of nitro groups is 1. The maximum atomic E-state index is 11.4. The average molecular weight is 284 g/mol. The number of rotatable bonds is 3. The van der Waals surface area contributed by atoms with Crippen LogP contribution in [0.25, 0.3) is 10.8 Å². The summed E-state index contributed by atoms with van der Waals surface area (Å²) < 4.78 is 0. The molecule has 1 fully saturated rings. The van der Waals surface area contributed by atoms with Crippen molar-refractivity contribution < 1.29 is 10.0 Å². The summed E-state index contributed by atoms with van der Waals surface area (Å²) in [5.41, 5.74) is 1.45. The minimum Gasteiger partial charge on any atom is -0.508 e. The van der Waals surface area contributed by atoms with Gasteiger partial charge in [-0.15, -0.1) is 0 Å². The number of hydrogen-bond donors (Lipinski definition) is 2. The zero-order chi connectivity index (χ0) is 14.8. The first-order valence-corrected chi connectivity index (χ1v) is 6.96. The molecule has 5 heteroatoms. The molecule has 2 N–H and O–H groups in total. The van der Waals surface area contributed by atoms with Crippen molar-refractivity contribution in [3.05, 3.63) is 63.5 Å². The molecule has 0 unspecified atom stereocenters. The number of phenols is 1. The first-order valence-electron chi connectivity index (χ1n) is 6.96. The van der Waals surface area contributed by atoms with E-state index in [9.17, 15) is 15.2 Å². The molecule has 2 aromatic rings. The Balaban J connectivity index is 2.10. The van der Waals surface area contributed by atoms with Crippen molar-refractivity contribution in [2.75, 3.05) is 6.54 Å². The maximum absolute atomic E-state index is 11.4. The number of fused-ring (bicyclic) bond motifs is 1. The highest BCUT2D eigenvalue weighted by molar-refractivity contribution is 5.87. The van der Waals surface area contributed by atoms with Crippen molar-refractivity contribution in [1.82, 2.24) is 5.32 Å². The molecule has 0 radical (unpaired) electrons. The lowest BCUT2D eigenvalue weighted by atomic mass is 9.99. The van der Waals surface area contributed by atoms with Gasteiger partial charge in [-0.25, -0.2) is 0 Å². The van der Waals surface area contributed by atoms with Crippen LogP contribution in [0.3, 0.4) is 0 Å². The summed E-state index contributed by atoms with van der Waals surface area (Å²) in [7, 11) is 0. The third-order valence-corrected chi connectivity index (χ3v) is 3.87. The smallest absolute Gasteiger partial charge is 0.269 e. The number of benzene rings is 2. The van der Waals surface area contributed by atoms with E-state index in [1.165, 1.54) is 0 Å². The van der Waals surface area contributed by atoms with Crippen LogP contribution >= 0.6 is 0 Å². The summed E-state index contributed by atoms with van der Waals surface area (Å²) in [6.45, 7) is 0.772. The Morgan fingerprint density at radius 2 is 2.10 bits per heavy atom. The van der Waals surface area contributed by atoms with Crippen LogP contribution in [0.15, 0.2) is 47.8 Å². The number of nitrogens with zero attached hydrogens (tertiary/aromatic N) is 1. The lowest BCUT2D eigenvalue weighted by Gasteiger charge is -2.09. The SMILES string of the molecule is O=[N+]([O-])C(Cc1c(O)ccc2ccccc12)=C1CCCN1. The van der Waals surface area contributed by atoms with Crippen molar-refractivity contribution in [3.8, 4) is 5.75 Å². The van der Waals surface area contributed by atoms with Gasteiger partial charge in [0.25, 0.3) is 5.70 Å². The van der Waals surface area contributed by atoms with Gasteiger partial charge in [0.05, 0.1) is 17.0 Å². The van der Waals surface area contributed by atoms with Crippen LogP contribution in [0.1, 0.15) is 18.4 Å². The number of allylic oxidation sites excluding steroid dienone is 2. The predicted molar refractivity (Wildman–Crippen MR) is 80.6 cm³/mol. The first kappa shape index (κ1) is 13.4. The van der Waals surface area contributed by atoms with Crippen molar-refractivity contribution in [3.63, 3.8) is 0 Å². The molecular formula is C16H16N2O3. The van der Waals surface area contributed by atoms with E-state index < -0.39 is 0 Å². The zero-order valence-corrected chi connectivity index (χ0v) is 11.5. The van der Waals surface area contributed by atoms with E-state index in [1.54, 1.807) is 6.07 Å². The van der Waals surface area contributed by atoms with Gasteiger partial charge in [0.15, 0.2) is 0 Å². The van der Waals surface area contributed by atoms with E-state index in [0.29, 0.717) is 17.7 Å². The van der Waals surface area contributed by atoms with E-state index >= 15 is 0 Å². The van der Waals surface area contributed by atoms with E-state index in [2.05, 4.69) is 5.32 Å². The van der Waals surface area contributed by atoms with Crippen molar-refractivity contribution >= 4 is 10.8 Å². The fraction of sp³-hybridized carbons (Fsp3) is 0.250. The summed E-state index contributed by atoms with van der Waals surface area (Å²) in [5.74, 6) is 0.103. The van der Waals surface area contributed by atoms with Crippen molar-refractivity contribution in [2.45, 2.75) is 19.3 Å². The lowest BCUT2D eigenvalue weighted by Crippen LogP contribution is -2.14. The van der Waals surface area contributed by atoms with E-state index in [0.717, 1.165) is 23.7 Å². The second-order valence-electron chi connectivity index (χ2n) is 5.17. The Hall–Kier alpha value is -2.56. The fourth-order valence-electron chi connectivity index (χ4n) is 2.80. The van der Waals surface area contributed by atoms with Crippen LogP contribution in [0.4, 0.5) is 0 Å². The largest absolute Gasteiger partial charge is 0.508 e. The van der Waals surface area contributed by atoms with Gasteiger partial charge in [-0.3, -0.25) is 10.1 Å². The number of hydrogen-bond acceptors (Lipinski definition) is 4. The van der Waals surface area contributed by atoms with Gasteiger partial charge < -0.3 is 10.4 Å². The average Bonchev–Trinajstić information content (AvgIpc) is 3.00. The molecule has 0 aliphatic carbocycles. The second-order valence-corrected chi connectivity index (χ2v) is 5.17. The van der Waals surface area contributed by atoms with Gasteiger partial charge in [-0.2, -0.15) is 0 Å². The van der Waals surface area contributed by atoms with Crippen LogP contribution in [-0.4, -0.2) is 16.6 Å². The van der Waals surface area contributed by atoms with E-state index in [-0.39, 0.29) is 22.8 Å². The Morgan fingerprint density at radius 1 is 1.29 bits per heavy atom. The standard InChI is InChI=1S/C16H16N2O3/c19-16-8-7-11-4-1-2-5-12(11)13(16)10-15(18(20)21)14-6-3-9-17-14/h1-2,4-5,7-8,17,19H,3,6,9-10H2. The molecule has 0 spiro atoms. The summed E-state index contributed by atoms with van der Waals surface area (Å²) in [6.07, 6.45) is 1.73. The molecule has 2 aromatic carbocycles. The highest BCUT2D eigenvalue weighted by Gasteiger charge is 2.24. The van der Waals surface area contributed by atoms with E-state index in [4.69, 9.17) is 0 Å². The van der Waals surface area contributed by atoms with Gasteiger partial charge in [0, 0.05) is 12.1 Å². The van der Waals surface area contributed by atoms with Gasteiger partial charge in [0.1, 0.15) is 5.75 Å². The molecule has 3 rings (SSSR count). The van der Waals surface area contributed by atoms with Gasteiger partial charge >= 0.3 is 0 Å². The molecule has 0 saturated carbocycles. The summed E-state index contributed by atoms with van der Waals surface area (Å²) >= 11 is 0. The van der Waals surface area contributed by atoms with Gasteiger partial charge in [-0.05, 0) is 29.7 Å². The van der Waals surface area contributed by atoms with Crippen molar-refractivity contribution in [2.24, 2.45) is 0 Å². The monoisotopic (exact) mass is 284 g/mol. The molecule has 1 heterocycles. The molecule has 5 nitrogen and oxygen atoms in total. The molecule has 1 aliphatic heterocycles. The zero-order valence-electron chi connectivity index (χ0n) is 11.5. The summed E-state index contributed by atoms with van der Waals surface area (Å²) in [4.78, 5) is 11.0. The quantitative estimate of drug-likeness (QED) is 0.671. The van der Waals surface area contributed by atoms with Crippen LogP contribution in [0.2, 0.25) is 0 Å². The van der Waals surface area contributed by atoms with Crippen molar-refractivity contribution in [1.29, 1.82) is 0 Å². The number of phenolic OH excluding ortho intramolecular Hbond substituents is 1. The third kappa shape index (κ3) is 2.54. The Kier molecular flexibility index (Phi) is 3.48. The normalized spacial score (nSPS) is 16.8. The molecule has 108 valence electrons. The van der Waals surface area contributed by atoms with Crippen LogP contribution in [0.5, 0.6) is 5.75 Å². The Labute approximate surface area is 122 Å². The maximum Gasteiger partial charge on any atom is 0.269 e. The molecule has 0 amide bonds. The fourth-order valence-corrected chi connectivity index (χ4v) is 2.80. The lowest BCUT2D eigenvalue weighted by molar-refractivity contribution is -0.428. The molecule has 0 bridgehead atoms. The van der Waals surface area contributed by atoms with E-state index in [1.807, 2.05) is 30.3 Å². The minimum atomic E-state index is -0.338. The number of nitrogens with one attached hydrogen (secondary N) is 1. The topological polar surface area (TPSA) is 75.4 Å². The Morgan fingerprint density at radius 3 is 2.81 bits per heavy atom. The minimum absolute atomic E-state index is 0.103. The highest BCUT2D eigenvalue weighted by Crippen LogP contribution is 2.30. The summed E-state index contributed by atoms with van der Waals surface area (Å²) in [6, 6.07) is 11.0. The van der Waals surface area contributed by atoms with Crippen LogP contribution in [-0.2, 0) is 6.42 Å². The first-order chi connectivity index (χ1) is 10.2. The van der Waals surface area contributed by atoms with Gasteiger partial charge in [0.2, 0.25) is 0 Å². The molecule has 1 saturated heterocycles. The highest BCUT2D eigenvalue weighted by atomic mass is 16.6. The molecule has 0 atom stereocenters. The predicted octanol–water partition coefficient (Wildman–Crippen LogP) is 2.96. The molecule has 21 heavy (non-hydrogen) atoms. The Bertz CT molecular complexity index is 729.